The van der Waals surface area contributed by atoms with Crippen LogP contribution in [0.2, 0.25) is 0 Å². The topological polar surface area (TPSA) is 101 Å². The van der Waals surface area contributed by atoms with Crippen molar-refractivity contribution in [2.75, 3.05) is 25.0 Å². The molecule has 2 N–H and O–H groups in total. The number of ketones is 1. The van der Waals surface area contributed by atoms with Crippen LogP contribution in [0.25, 0.3) is 33.4 Å². The van der Waals surface area contributed by atoms with Gasteiger partial charge in [0.05, 0.1) is 17.5 Å². The summed E-state index contributed by atoms with van der Waals surface area (Å²) < 4.78 is 12.3. The number of ether oxygens (including phenoxy) is 1. The van der Waals surface area contributed by atoms with Gasteiger partial charge in [0.25, 0.3) is 0 Å². The smallest absolute Gasteiger partial charge is 0.338 e. The second-order valence-electron chi connectivity index (χ2n) is 11.8. The van der Waals surface area contributed by atoms with Crippen molar-refractivity contribution in [3.05, 3.63) is 106 Å². The minimum atomic E-state index is -1.44. The average molecular weight is 605 g/mol. The van der Waals surface area contributed by atoms with Crippen LogP contribution >= 0.6 is 0 Å². The molecule has 1 aliphatic carbocycles. The third kappa shape index (κ3) is 6.69. The number of hydrogen-bond acceptors (Lipinski definition) is 7. The number of rotatable bonds is 10. The minimum absolute atomic E-state index is 0.170. The van der Waals surface area contributed by atoms with Crippen molar-refractivity contribution in [3.8, 4) is 22.5 Å². The molecule has 3 aromatic carbocycles. The monoisotopic (exact) mass is 604 g/mol. The Bertz CT molecular complexity index is 1910. The van der Waals surface area contributed by atoms with E-state index < -0.39 is 11.6 Å². The van der Waals surface area contributed by atoms with Crippen molar-refractivity contribution < 1.29 is 23.8 Å². The molecular weight excluding hydrogens is 564 g/mol. The summed E-state index contributed by atoms with van der Waals surface area (Å²) in [4.78, 5) is 30.6. The predicted molar refractivity (Wildman–Crippen MR) is 179 cm³/mol. The molecule has 1 heterocycles. The lowest BCUT2D eigenvalue weighted by Crippen LogP contribution is -2.31. The maximum Gasteiger partial charge on any atom is 0.338 e. The van der Waals surface area contributed by atoms with Crippen molar-refractivity contribution in [2.24, 2.45) is 4.99 Å². The fourth-order valence-electron chi connectivity index (χ4n) is 5.59. The molecule has 0 saturated heterocycles. The number of nitrogens with one attached hydrogen (secondary N) is 1. The normalized spacial score (nSPS) is 12.1. The van der Waals surface area contributed by atoms with Crippen LogP contribution in [-0.2, 0) is 11.2 Å². The standard InChI is InChI=1S/C38H40N2O5/c1-7-39-31-21-33-29(19-23(31)3)35(30-20-24(4)32(40-8-2)22-34(30)45-33)27-11-9-10-12-28(27)37(42)44-18-17-25-13-15-26(16-14-25)36(41)38(5,6)43/h9-16,19-22,39,43H,7-8,17-18H2,1-6H3. The number of aryl methyl sites for hydroxylation is 2. The molecule has 0 unspecified atom stereocenters. The van der Waals surface area contributed by atoms with Crippen molar-refractivity contribution >= 4 is 28.4 Å². The highest BCUT2D eigenvalue weighted by atomic mass is 16.5. The summed E-state index contributed by atoms with van der Waals surface area (Å²) in [6.07, 6.45) is 0.482. The van der Waals surface area contributed by atoms with Gasteiger partial charge in [-0.05, 0) is 82.0 Å². The Morgan fingerprint density at radius 1 is 0.933 bits per heavy atom. The summed E-state index contributed by atoms with van der Waals surface area (Å²) in [6, 6.07) is 22.7. The quantitative estimate of drug-likeness (QED) is 0.0971. The summed E-state index contributed by atoms with van der Waals surface area (Å²) in [5.41, 5.74) is 6.74. The number of carbonyl (C=O) groups is 2. The molecule has 0 amide bonds. The van der Waals surface area contributed by atoms with E-state index in [1.807, 2.05) is 56.3 Å². The lowest BCUT2D eigenvalue weighted by Gasteiger charge is -2.20. The summed E-state index contributed by atoms with van der Waals surface area (Å²) in [5.74, 6) is -0.0711. The lowest BCUT2D eigenvalue weighted by atomic mass is 9.89. The van der Waals surface area contributed by atoms with Crippen LogP contribution in [0.5, 0.6) is 0 Å². The van der Waals surface area contributed by atoms with Gasteiger partial charge in [0.1, 0.15) is 16.9 Å². The molecule has 7 heteroatoms. The molecule has 45 heavy (non-hydrogen) atoms. The summed E-state index contributed by atoms with van der Waals surface area (Å²) >= 11 is 0. The Hall–Kier alpha value is -4.75. The first-order valence-corrected chi connectivity index (χ1v) is 15.4. The Labute approximate surface area is 263 Å². The first kappa shape index (κ1) is 31.7. The largest absolute Gasteiger partial charge is 0.462 e. The van der Waals surface area contributed by atoms with Gasteiger partial charge in [-0.15, -0.1) is 0 Å². The maximum atomic E-state index is 13.6. The number of aliphatic hydroxyl groups is 1. The summed E-state index contributed by atoms with van der Waals surface area (Å²) in [7, 11) is 0. The Balaban J connectivity index is 1.52. The molecule has 5 rings (SSSR count). The number of fused-ring (bicyclic) bond motifs is 2. The molecule has 7 nitrogen and oxygen atoms in total. The zero-order chi connectivity index (χ0) is 32.3. The average Bonchev–Trinajstić information content (AvgIpc) is 3.01. The summed E-state index contributed by atoms with van der Waals surface area (Å²) in [6.45, 7) is 12.7. The van der Waals surface area contributed by atoms with Gasteiger partial charge >= 0.3 is 5.97 Å². The number of anilines is 1. The van der Waals surface area contributed by atoms with Gasteiger partial charge in [0, 0.05) is 59.4 Å². The molecule has 0 bridgehead atoms. The van der Waals surface area contributed by atoms with E-state index in [1.54, 1.807) is 18.2 Å². The van der Waals surface area contributed by atoms with Crippen LogP contribution in [0.3, 0.4) is 0 Å². The highest BCUT2D eigenvalue weighted by Crippen LogP contribution is 2.43. The van der Waals surface area contributed by atoms with E-state index >= 15 is 0 Å². The van der Waals surface area contributed by atoms with E-state index in [9.17, 15) is 14.7 Å². The Morgan fingerprint density at radius 2 is 1.67 bits per heavy atom. The number of benzene rings is 4. The van der Waals surface area contributed by atoms with Gasteiger partial charge in [-0.25, -0.2) is 4.79 Å². The van der Waals surface area contributed by atoms with E-state index in [0.29, 0.717) is 35.4 Å². The molecule has 2 aliphatic rings. The van der Waals surface area contributed by atoms with Crippen molar-refractivity contribution in [2.45, 2.75) is 53.6 Å². The molecule has 0 spiro atoms. The van der Waals surface area contributed by atoms with Gasteiger partial charge in [-0.1, -0.05) is 42.5 Å². The predicted octanol–water partition coefficient (Wildman–Crippen LogP) is 7.53. The van der Waals surface area contributed by atoms with Crippen molar-refractivity contribution in [3.63, 3.8) is 0 Å². The Kier molecular flexibility index (Phi) is 9.21. The molecule has 0 atom stereocenters. The van der Waals surface area contributed by atoms with Gasteiger partial charge in [0.2, 0.25) is 0 Å². The fourth-order valence-corrected chi connectivity index (χ4v) is 5.59. The van der Waals surface area contributed by atoms with E-state index in [2.05, 4.69) is 36.3 Å². The third-order valence-electron chi connectivity index (χ3n) is 7.89. The number of hydrogen-bond donors (Lipinski definition) is 2. The second kappa shape index (κ2) is 13.1. The van der Waals surface area contributed by atoms with Gasteiger partial charge < -0.3 is 19.6 Å². The first-order valence-electron chi connectivity index (χ1n) is 15.4. The number of carbonyl (C=O) groups excluding carboxylic acids is 2. The van der Waals surface area contributed by atoms with Crippen molar-refractivity contribution in [1.82, 2.24) is 0 Å². The first-order chi connectivity index (χ1) is 21.5. The van der Waals surface area contributed by atoms with Gasteiger partial charge in [-0.2, -0.15) is 0 Å². The van der Waals surface area contributed by atoms with Crippen LogP contribution < -0.4 is 10.7 Å². The molecule has 0 fully saturated rings. The van der Waals surface area contributed by atoms with E-state index in [-0.39, 0.29) is 12.4 Å². The maximum absolute atomic E-state index is 13.6. The molecule has 0 aromatic heterocycles. The number of esters is 1. The molecule has 1 aliphatic heterocycles. The van der Waals surface area contributed by atoms with Crippen LogP contribution in [-0.4, -0.2) is 42.2 Å². The second-order valence-corrected chi connectivity index (χ2v) is 11.8. The lowest BCUT2D eigenvalue weighted by molar-refractivity contribution is 0.0488. The summed E-state index contributed by atoms with van der Waals surface area (Å²) in [5, 5.41) is 15.2. The molecule has 0 radical (unpaired) electrons. The number of Topliss-reactive ketones (excluding diaryl/α,β-unsaturated/α-hetero) is 1. The van der Waals surface area contributed by atoms with Gasteiger partial charge in [0.15, 0.2) is 5.78 Å². The van der Waals surface area contributed by atoms with E-state index in [4.69, 9.17) is 9.15 Å². The Morgan fingerprint density at radius 3 is 2.36 bits per heavy atom. The molecule has 0 saturated carbocycles. The van der Waals surface area contributed by atoms with Crippen molar-refractivity contribution in [1.29, 1.82) is 0 Å². The molecule has 3 aromatic rings. The van der Waals surface area contributed by atoms with Crippen LogP contribution in [0.4, 0.5) is 5.69 Å². The van der Waals surface area contributed by atoms with E-state index in [1.165, 1.54) is 13.8 Å². The fraction of sp³-hybridized carbons (Fsp3) is 0.289. The third-order valence-corrected chi connectivity index (χ3v) is 7.89. The van der Waals surface area contributed by atoms with Crippen LogP contribution in [0.1, 0.15) is 65.1 Å². The van der Waals surface area contributed by atoms with Gasteiger partial charge in [-0.3, -0.25) is 9.79 Å². The highest BCUT2D eigenvalue weighted by Gasteiger charge is 2.25. The van der Waals surface area contributed by atoms with Crippen LogP contribution in [0, 0.1) is 13.8 Å². The zero-order valence-corrected chi connectivity index (χ0v) is 26.8. The molecular formula is C38H40N2O5. The molecule has 232 valence electrons. The van der Waals surface area contributed by atoms with Crippen LogP contribution in [0.15, 0.2) is 82.2 Å². The zero-order valence-electron chi connectivity index (χ0n) is 26.8. The minimum Gasteiger partial charge on any atom is -0.462 e. The highest BCUT2D eigenvalue weighted by molar-refractivity contribution is 6.08. The van der Waals surface area contributed by atoms with E-state index in [0.717, 1.165) is 56.4 Å². The SMILES string of the molecule is CCN=c1cc2oc3cc(NCC)c(C)cc3c(-c3ccccc3C(=O)OCCc3ccc(C(=O)C(C)(C)O)cc3)c-2cc1C. The number of nitrogens with zero attached hydrogens (tertiary/aromatic N) is 1.